The average molecular weight is 254 g/mol. The summed E-state index contributed by atoms with van der Waals surface area (Å²) in [6, 6.07) is 3.81. The van der Waals surface area contributed by atoms with Crippen LogP contribution in [0.3, 0.4) is 0 Å². The van der Waals surface area contributed by atoms with Gasteiger partial charge in [0, 0.05) is 12.1 Å². The lowest BCUT2D eigenvalue weighted by Gasteiger charge is -2.16. The molecule has 0 spiro atoms. The Bertz CT molecular complexity index is 421. The van der Waals surface area contributed by atoms with E-state index in [-0.39, 0.29) is 11.7 Å². The van der Waals surface area contributed by atoms with Gasteiger partial charge in [0.25, 0.3) is 5.69 Å². The molecule has 0 aliphatic heterocycles. The molecule has 5 heteroatoms. The Balaban J connectivity index is 2.64. The molecule has 1 rings (SSSR count). The molecule has 100 valence electrons. The number of nitrogens with one attached hydrogen (secondary N) is 1. The zero-order valence-corrected chi connectivity index (χ0v) is 10.9. The second kappa shape index (κ2) is 6.33. The maximum absolute atomic E-state index is 13.6. The largest absolute Gasteiger partial charge is 0.380 e. The molecule has 0 radical (unpaired) electrons. The topological polar surface area (TPSA) is 55.2 Å². The van der Waals surface area contributed by atoms with Crippen LogP contribution >= 0.6 is 0 Å². The first-order valence-electron chi connectivity index (χ1n) is 6.10. The molecule has 0 aliphatic carbocycles. The van der Waals surface area contributed by atoms with Crippen molar-refractivity contribution in [1.29, 1.82) is 0 Å². The zero-order valence-electron chi connectivity index (χ0n) is 10.9. The number of nitro groups is 1. The van der Waals surface area contributed by atoms with Crippen LogP contribution in [0.25, 0.3) is 0 Å². The van der Waals surface area contributed by atoms with Crippen molar-refractivity contribution in [3.8, 4) is 0 Å². The van der Waals surface area contributed by atoms with Crippen molar-refractivity contribution in [2.45, 2.75) is 39.7 Å². The monoisotopic (exact) mass is 254 g/mol. The highest BCUT2D eigenvalue weighted by Gasteiger charge is 2.12. The van der Waals surface area contributed by atoms with Crippen LogP contribution in [-0.2, 0) is 0 Å². The smallest absolute Gasteiger partial charge is 0.272 e. The van der Waals surface area contributed by atoms with Gasteiger partial charge in [-0.2, -0.15) is 0 Å². The molecule has 1 atom stereocenters. The van der Waals surface area contributed by atoms with Crippen molar-refractivity contribution < 1.29 is 9.31 Å². The van der Waals surface area contributed by atoms with Crippen molar-refractivity contribution in [3.05, 3.63) is 34.1 Å². The molecule has 1 aromatic rings. The predicted octanol–water partition coefficient (Wildman–Crippen LogP) is 3.97. The Morgan fingerprint density at radius 2 is 2.00 bits per heavy atom. The number of halogens is 1. The summed E-state index contributed by atoms with van der Waals surface area (Å²) in [5.41, 5.74) is 0.0877. The Morgan fingerprint density at radius 1 is 1.33 bits per heavy atom. The average Bonchev–Trinajstić information content (AvgIpc) is 2.29. The molecule has 1 unspecified atom stereocenters. The molecule has 0 aliphatic rings. The van der Waals surface area contributed by atoms with Crippen LogP contribution < -0.4 is 5.32 Å². The van der Waals surface area contributed by atoms with Crippen LogP contribution in [0.4, 0.5) is 15.8 Å². The van der Waals surface area contributed by atoms with Crippen LogP contribution in [0.5, 0.6) is 0 Å². The lowest BCUT2D eigenvalue weighted by molar-refractivity contribution is -0.385. The number of nitrogens with zero attached hydrogens (tertiary/aromatic N) is 1. The van der Waals surface area contributed by atoms with Gasteiger partial charge >= 0.3 is 0 Å². The lowest BCUT2D eigenvalue weighted by atomic mass is 10.0. The van der Waals surface area contributed by atoms with Crippen molar-refractivity contribution in [2.24, 2.45) is 5.92 Å². The summed E-state index contributed by atoms with van der Waals surface area (Å²) >= 11 is 0. The van der Waals surface area contributed by atoms with Crippen LogP contribution in [0.1, 0.15) is 33.6 Å². The van der Waals surface area contributed by atoms with Crippen molar-refractivity contribution in [2.75, 3.05) is 5.32 Å². The molecule has 1 aromatic carbocycles. The van der Waals surface area contributed by atoms with Crippen LogP contribution in [0.2, 0.25) is 0 Å². The molecular formula is C13H19FN2O2. The van der Waals surface area contributed by atoms with Gasteiger partial charge in [0.1, 0.15) is 0 Å². The van der Waals surface area contributed by atoms with Crippen molar-refractivity contribution in [1.82, 2.24) is 0 Å². The Hall–Kier alpha value is -1.65. The molecule has 4 nitrogen and oxygen atoms in total. The van der Waals surface area contributed by atoms with Crippen molar-refractivity contribution >= 4 is 11.4 Å². The summed E-state index contributed by atoms with van der Waals surface area (Å²) in [5.74, 6) is 0.0246. The van der Waals surface area contributed by atoms with Gasteiger partial charge in [-0.15, -0.1) is 0 Å². The predicted molar refractivity (Wildman–Crippen MR) is 70.2 cm³/mol. The van der Waals surface area contributed by atoms with E-state index in [4.69, 9.17) is 0 Å². The summed E-state index contributed by atoms with van der Waals surface area (Å²) < 4.78 is 13.6. The van der Waals surface area contributed by atoms with Gasteiger partial charge in [0.2, 0.25) is 0 Å². The Kier molecular flexibility index (Phi) is 5.07. The minimum Gasteiger partial charge on any atom is -0.380 e. The maximum atomic E-state index is 13.6. The highest BCUT2D eigenvalue weighted by Crippen LogP contribution is 2.22. The first kappa shape index (κ1) is 14.4. The van der Waals surface area contributed by atoms with Gasteiger partial charge in [-0.05, 0) is 31.7 Å². The number of rotatable bonds is 6. The number of anilines is 1. The van der Waals surface area contributed by atoms with Crippen molar-refractivity contribution in [3.63, 3.8) is 0 Å². The minimum absolute atomic E-state index is 0.142. The highest BCUT2D eigenvalue weighted by atomic mass is 19.1. The summed E-state index contributed by atoms with van der Waals surface area (Å²) in [7, 11) is 0. The van der Waals surface area contributed by atoms with Gasteiger partial charge in [-0.25, -0.2) is 4.39 Å². The fourth-order valence-electron chi connectivity index (χ4n) is 1.66. The standard InChI is InChI=1S/C13H19FN2O2/c1-9(2)4-5-10(3)15-13-7-6-11(16(17)18)8-12(13)14/h6-10,15H,4-5H2,1-3H3. The molecule has 1 N–H and O–H groups in total. The Labute approximate surface area is 106 Å². The first-order chi connectivity index (χ1) is 8.40. The van der Waals surface area contributed by atoms with E-state index in [1.165, 1.54) is 12.1 Å². The van der Waals surface area contributed by atoms with Crippen LogP contribution in [-0.4, -0.2) is 11.0 Å². The maximum Gasteiger partial charge on any atom is 0.272 e. The number of hydrogen-bond acceptors (Lipinski definition) is 3. The summed E-state index contributed by atoms with van der Waals surface area (Å²) in [4.78, 5) is 9.88. The van der Waals surface area contributed by atoms with E-state index in [1.807, 2.05) is 6.92 Å². The second-order valence-corrected chi connectivity index (χ2v) is 4.94. The summed E-state index contributed by atoms with van der Waals surface area (Å²) in [6.45, 7) is 6.25. The quantitative estimate of drug-likeness (QED) is 0.617. The molecular weight excluding hydrogens is 235 g/mol. The third kappa shape index (κ3) is 4.31. The van der Waals surface area contributed by atoms with Gasteiger partial charge in [-0.1, -0.05) is 13.8 Å². The lowest BCUT2D eigenvalue weighted by Crippen LogP contribution is -2.16. The molecule has 0 bridgehead atoms. The molecule has 18 heavy (non-hydrogen) atoms. The van der Waals surface area contributed by atoms with Gasteiger partial charge in [0.15, 0.2) is 5.82 Å². The van der Waals surface area contributed by atoms with Gasteiger partial charge in [0.05, 0.1) is 16.7 Å². The molecule has 0 saturated carbocycles. The van der Waals surface area contributed by atoms with Crippen LogP contribution in [0, 0.1) is 21.8 Å². The SMILES string of the molecule is CC(C)CCC(C)Nc1ccc([N+](=O)[O-])cc1F. The van der Waals surface area contributed by atoms with E-state index in [1.54, 1.807) is 0 Å². The van der Waals surface area contributed by atoms with E-state index in [0.717, 1.165) is 18.9 Å². The van der Waals surface area contributed by atoms with E-state index in [0.29, 0.717) is 11.6 Å². The summed E-state index contributed by atoms with van der Waals surface area (Å²) in [6.07, 6.45) is 2.00. The Morgan fingerprint density at radius 3 is 2.50 bits per heavy atom. The third-order valence-electron chi connectivity index (χ3n) is 2.74. The highest BCUT2D eigenvalue weighted by molar-refractivity contribution is 5.50. The number of hydrogen-bond donors (Lipinski definition) is 1. The zero-order chi connectivity index (χ0) is 13.7. The molecule has 0 saturated heterocycles. The van der Waals surface area contributed by atoms with E-state index < -0.39 is 10.7 Å². The van der Waals surface area contributed by atoms with E-state index in [2.05, 4.69) is 19.2 Å². The summed E-state index contributed by atoms with van der Waals surface area (Å²) in [5, 5.41) is 13.5. The fourth-order valence-corrected chi connectivity index (χ4v) is 1.66. The molecule has 0 amide bonds. The second-order valence-electron chi connectivity index (χ2n) is 4.94. The first-order valence-corrected chi connectivity index (χ1v) is 6.10. The molecule has 0 heterocycles. The normalized spacial score (nSPS) is 12.5. The van der Waals surface area contributed by atoms with Gasteiger partial charge in [-0.3, -0.25) is 10.1 Å². The number of benzene rings is 1. The molecule has 0 aromatic heterocycles. The third-order valence-corrected chi connectivity index (χ3v) is 2.74. The fraction of sp³-hybridized carbons (Fsp3) is 0.538. The number of non-ortho nitro benzene ring substituents is 1. The van der Waals surface area contributed by atoms with E-state index in [9.17, 15) is 14.5 Å². The number of nitro benzene ring substituents is 1. The van der Waals surface area contributed by atoms with Gasteiger partial charge < -0.3 is 5.32 Å². The van der Waals surface area contributed by atoms with Crippen LogP contribution in [0.15, 0.2) is 18.2 Å². The van der Waals surface area contributed by atoms with E-state index >= 15 is 0 Å². The minimum atomic E-state index is -0.602. The molecule has 0 fully saturated rings.